The Balaban J connectivity index is 1.71. The van der Waals surface area contributed by atoms with Crippen LogP contribution in [-0.2, 0) is 22.4 Å². The zero-order valence-electron chi connectivity index (χ0n) is 16.5. The number of pyridine rings is 1. The molecule has 0 amide bonds. The van der Waals surface area contributed by atoms with Crippen LogP contribution in [0.5, 0.6) is 5.75 Å². The Morgan fingerprint density at radius 3 is 2.83 bits per heavy atom. The standard InChI is InChI=1S/C23H21Cl2NO4/c1-2-23-6-5-15(27)10-16(23)19-14(11-23)9-17(20(24)21(19)25)30-18(22(28)29)8-13-4-3-7-26-12-13/h3-4,7,9-10,12,18H,2,5-6,8,11H2,1H3,(H,28,29). The molecule has 0 saturated carbocycles. The molecule has 2 unspecified atom stereocenters. The van der Waals surface area contributed by atoms with Crippen LogP contribution in [0.2, 0.25) is 10.0 Å². The van der Waals surface area contributed by atoms with Crippen molar-refractivity contribution >= 4 is 40.5 Å². The first-order chi connectivity index (χ1) is 14.3. The minimum absolute atomic E-state index is 0.0943. The summed E-state index contributed by atoms with van der Waals surface area (Å²) in [5.41, 5.74) is 3.28. The number of carboxylic acids is 1. The zero-order chi connectivity index (χ0) is 21.5. The first-order valence-corrected chi connectivity index (χ1v) is 10.6. The van der Waals surface area contributed by atoms with Crippen LogP contribution in [-0.4, -0.2) is 27.9 Å². The maximum absolute atomic E-state index is 12.1. The van der Waals surface area contributed by atoms with Gasteiger partial charge in [-0.15, -0.1) is 0 Å². The van der Waals surface area contributed by atoms with Gasteiger partial charge in [0, 0.05) is 36.2 Å². The van der Waals surface area contributed by atoms with Crippen LogP contribution < -0.4 is 4.74 Å². The maximum atomic E-state index is 12.1. The lowest BCUT2D eigenvalue weighted by Crippen LogP contribution is -2.29. The van der Waals surface area contributed by atoms with Crippen LogP contribution in [0.4, 0.5) is 0 Å². The number of halogens is 2. The lowest BCUT2D eigenvalue weighted by Gasteiger charge is -2.32. The molecule has 1 heterocycles. The second-order valence-electron chi connectivity index (χ2n) is 7.88. The molecule has 30 heavy (non-hydrogen) atoms. The Labute approximate surface area is 184 Å². The molecular weight excluding hydrogens is 425 g/mol. The van der Waals surface area contributed by atoms with E-state index in [-0.39, 0.29) is 28.4 Å². The topological polar surface area (TPSA) is 76.5 Å². The number of carbonyl (C=O) groups is 2. The molecule has 7 heteroatoms. The molecule has 1 aromatic carbocycles. The molecule has 0 saturated heterocycles. The molecule has 1 aromatic heterocycles. The van der Waals surface area contributed by atoms with E-state index >= 15 is 0 Å². The lowest BCUT2D eigenvalue weighted by molar-refractivity contribution is -0.145. The van der Waals surface area contributed by atoms with E-state index in [4.69, 9.17) is 27.9 Å². The number of benzene rings is 1. The summed E-state index contributed by atoms with van der Waals surface area (Å²) in [6.45, 7) is 2.11. The van der Waals surface area contributed by atoms with E-state index in [0.29, 0.717) is 11.4 Å². The monoisotopic (exact) mass is 445 g/mol. The normalized spacial score (nSPS) is 20.9. The SMILES string of the molecule is CCC12CCC(=O)C=C1c1c(cc(OC(Cc3cccnc3)C(=O)O)c(Cl)c1Cl)C2. The summed E-state index contributed by atoms with van der Waals surface area (Å²) in [5, 5.41) is 10.1. The molecule has 156 valence electrons. The first kappa shape index (κ1) is 20.9. The zero-order valence-corrected chi connectivity index (χ0v) is 18.0. The van der Waals surface area contributed by atoms with Gasteiger partial charge in [0.05, 0.1) is 5.02 Å². The number of carbonyl (C=O) groups excluding carboxylic acids is 1. The average molecular weight is 446 g/mol. The van der Waals surface area contributed by atoms with Gasteiger partial charge in [-0.3, -0.25) is 9.78 Å². The van der Waals surface area contributed by atoms with E-state index in [2.05, 4.69) is 11.9 Å². The average Bonchev–Trinajstić information content (AvgIpc) is 3.05. The number of aromatic nitrogens is 1. The predicted molar refractivity (Wildman–Crippen MR) is 115 cm³/mol. The Morgan fingerprint density at radius 1 is 1.37 bits per heavy atom. The largest absolute Gasteiger partial charge is 0.478 e. The smallest absolute Gasteiger partial charge is 0.345 e. The molecule has 0 radical (unpaired) electrons. The Kier molecular flexibility index (Phi) is 5.60. The van der Waals surface area contributed by atoms with Gasteiger partial charge in [-0.1, -0.05) is 36.2 Å². The number of ether oxygens (including phenoxy) is 1. The van der Waals surface area contributed by atoms with Crippen LogP contribution in [0.3, 0.4) is 0 Å². The van der Waals surface area contributed by atoms with Gasteiger partial charge in [0.15, 0.2) is 11.9 Å². The van der Waals surface area contributed by atoms with Crippen molar-refractivity contribution in [2.45, 2.75) is 45.1 Å². The second kappa shape index (κ2) is 8.05. The highest BCUT2D eigenvalue weighted by molar-refractivity contribution is 6.44. The molecule has 5 nitrogen and oxygen atoms in total. The van der Waals surface area contributed by atoms with E-state index in [0.717, 1.165) is 41.5 Å². The number of allylic oxidation sites excluding steroid dienone is 2. The summed E-state index contributed by atoms with van der Waals surface area (Å²) in [6.07, 6.45) is 6.84. The van der Waals surface area contributed by atoms with Gasteiger partial charge in [0.25, 0.3) is 0 Å². The fourth-order valence-electron chi connectivity index (χ4n) is 4.50. The van der Waals surface area contributed by atoms with Crippen molar-refractivity contribution in [3.63, 3.8) is 0 Å². The van der Waals surface area contributed by atoms with Crippen LogP contribution in [0, 0.1) is 5.41 Å². The quantitative estimate of drug-likeness (QED) is 0.663. The summed E-state index contributed by atoms with van der Waals surface area (Å²) in [7, 11) is 0. The summed E-state index contributed by atoms with van der Waals surface area (Å²) < 4.78 is 5.83. The fraction of sp³-hybridized carbons (Fsp3) is 0.348. The molecule has 2 aliphatic carbocycles. The Bertz CT molecular complexity index is 1050. The molecule has 2 atom stereocenters. The maximum Gasteiger partial charge on any atom is 0.345 e. The Hall–Kier alpha value is -2.37. The van der Waals surface area contributed by atoms with Crippen LogP contribution in [0.25, 0.3) is 5.57 Å². The predicted octanol–water partition coefficient (Wildman–Crippen LogP) is 5.16. The fourth-order valence-corrected chi connectivity index (χ4v) is 5.01. The number of rotatable bonds is 6. The van der Waals surface area contributed by atoms with E-state index < -0.39 is 12.1 Å². The highest BCUT2D eigenvalue weighted by Gasteiger charge is 2.45. The number of hydrogen-bond acceptors (Lipinski definition) is 4. The van der Waals surface area contributed by atoms with Gasteiger partial charge in [0.2, 0.25) is 0 Å². The van der Waals surface area contributed by atoms with Crippen LogP contribution in [0.15, 0.2) is 36.7 Å². The number of ketones is 1. The van der Waals surface area contributed by atoms with E-state index in [1.807, 2.05) is 0 Å². The van der Waals surface area contributed by atoms with Crippen molar-refractivity contribution in [3.8, 4) is 5.75 Å². The molecule has 4 rings (SSSR count). The number of aliphatic carboxylic acids is 1. The van der Waals surface area contributed by atoms with E-state index in [1.54, 1.807) is 36.7 Å². The van der Waals surface area contributed by atoms with Gasteiger partial charge in [-0.25, -0.2) is 4.79 Å². The molecule has 1 N–H and O–H groups in total. The summed E-state index contributed by atoms with van der Waals surface area (Å²) in [6, 6.07) is 5.32. The number of nitrogens with zero attached hydrogens (tertiary/aromatic N) is 1. The second-order valence-corrected chi connectivity index (χ2v) is 8.64. The lowest BCUT2D eigenvalue weighted by atomic mass is 9.71. The van der Waals surface area contributed by atoms with E-state index in [1.165, 1.54) is 0 Å². The summed E-state index contributed by atoms with van der Waals surface area (Å²) in [4.78, 5) is 27.9. The van der Waals surface area contributed by atoms with E-state index in [9.17, 15) is 14.7 Å². The van der Waals surface area contributed by atoms with Gasteiger partial charge in [-0.2, -0.15) is 0 Å². The number of hydrogen-bond donors (Lipinski definition) is 1. The highest BCUT2D eigenvalue weighted by atomic mass is 35.5. The molecule has 0 spiro atoms. The van der Waals surface area contributed by atoms with Crippen molar-refractivity contribution in [2.75, 3.05) is 0 Å². The van der Waals surface area contributed by atoms with Gasteiger partial charge >= 0.3 is 5.97 Å². The first-order valence-electron chi connectivity index (χ1n) is 9.89. The minimum atomic E-state index is -1.13. The van der Waals surface area contributed by atoms with Gasteiger partial charge < -0.3 is 9.84 Å². The molecule has 2 aliphatic rings. The third-order valence-corrected chi connectivity index (χ3v) is 7.00. The highest BCUT2D eigenvalue weighted by Crippen LogP contribution is 2.57. The summed E-state index contributed by atoms with van der Waals surface area (Å²) in [5.74, 6) is -0.760. The van der Waals surface area contributed by atoms with Gasteiger partial charge in [0.1, 0.15) is 10.8 Å². The van der Waals surface area contributed by atoms with Crippen molar-refractivity contribution in [1.29, 1.82) is 0 Å². The Morgan fingerprint density at radius 2 is 2.17 bits per heavy atom. The third kappa shape index (κ3) is 3.61. The van der Waals surface area contributed by atoms with Crippen molar-refractivity contribution in [2.24, 2.45) is 5.41 Å². The molecule has 0 aliphatic heterocycles. The molecule has 0 bridgehead atoms. The van der Waals surface area contributed by atoms with Crippen molar-refractivity contribution in [3.05, 3.63) is 63.4 Å². The molecule has 0 fully saturated rings. The van der Waals surface area contributed by atoms with Crippen molar-refractivity contribution < 1.29 is 19.4 Å². The van der Waals surface area contributed by atoms with Gasteiger partial charge in [-0.05, 0) is 54.2 Å². The summed E-state index contributed by atoms with van der Waals surface area (Å²) >= 11 is 13.1. The number of fused-ring (bicyclic) bond motifs is 3. The molecule has 2 aromatic rings. The minimum Gasteiger partial charge on any atom is -0.478 e. The van der Waals surface area contributed by atoms with Crippen LogP contribution in [0.1, 0.15) is 42.9 Å². The third-order valence-electron chi connectivity index (χ3n) is 6.15. The molecular formula is C23H21Cl2NO4. The van der Waals surface area contributed by atoms with Crippen LogP contribution >= 0.6 is 23.2 Å². The number of carboxylic acid groups (broad SMARTS) is 1. The van der Waals surface area contributed by atoms with Crippen molar-refractivity contribution in [1.82, 2.24) is 4.98 Å².